The first-order valence-electron chi connectivity index (χ1n) is 13.1. The highest BCUT2D eigenvalue weighted by molar-refractivity contribution is 5.87. The molecule has 0 unspecified atom stereocenters. The second-order valence-corrected chi connectivity index (χ2v) is 9.14. The lowest BCUT2D eigenvalue weighted by atomic mass is 9.97. The van der Waals surface area contributed by atoms with E-state index in [0.29, 0.717) is 0 Å². The van der Waals surface area contributed by atoms with Gasteiger partial charge in [0, 0.05) is 5.56 Å². The average Bonchev–Trinajstić information content (AvgIpc) is 2.86. The predicted octanol–water partition coefficient (Wildman–Crippen LogP) is 8.93. The second kappa shape index (κ2) is 14.6. The molecule has 2 nitrogen and oxygen atoms in total. The van der Waals surface area contributed by atoms with Gasteiger partial charge in [-0.25, -0.2) is 0 Å². The molecule has 0 aromatic heterocycles. The Morgan fingerprint density at radius 2 is 1.30 bits per heavy atom. The molecule has 0 aliphatic carbocycles. The average molecular weight is 447 g/mol. The van der Waals surface area contributed by atoms with Crippen LogP contribution in [0, 0.1) is 0 Å². The lowest BCUT2D eigenvalue weighted by Crippen LogP contribution is -1.99. The van der Waals surface area contributed by atoms with Crippen molar-refractivity contribution in [2.45, 2.75) is 84.0 Å². The molecule has 2 heteroatoms. The van der Waals surface area contributed by atoms with Crippen molar-refractivity contribution < 1.29 is 9.47 Å². The Morgan fingerprint density at radius 3 is 2.00 bits per heavy atom. The lowest BCUT2D eigenvalue weighted by Gasteiger charge is -2.12. The van der Waals surface area contributed by atoms with Crippen molar-refractivity contribution in [3.8, 4) is 11.5 Å². The minimum absolute atomic E-state index is 0.822. The van der Waals surface area contributed by atoms with Crippen molar-refractivity contribution in [2.24, 2.45) is 0 Å². The number of unbranched alkanes of at least 4 members (excludes halogenated alkanes) is 9. The number of fused-ring (bicyclic) bond motifs is 1. The highest BCUT2D eigenvalue weighted by Gasteiger charge is 2.08. The predicted molar refractivity (Wildman–Crippen MR) is 142 cm³/mol. The van der Waals surface area contributed by atoms with Crippen LogP contribution >= 0.6 is 0 Å². The fourth-order valence-electron chi connectivity index (χ4n) is 4.57. The molecule has 0 saturated heterocycles. The highest BCUT2D eigenvalue weighted by atomic mass is 16.5. The number of ether oxygens (including phenoxy) is 2. The monoisotopic (exact) mass is 446 g/mol. The SMILES string of the molecule is CCCCCCCCCCCCOc1ccc(CCc2c(OC)ccc3ccccc23)cc1. The maximum absolute atomic E-state index is 5.97. The summed E-state index contributed by atoms with van der Waals surface area (Å²) in [4.78, 5) is 0. The number of aryl methyl sites for hydroxylation is 2. The summed E-state index contributed by atoms with van der Waals surface area (Å²) in [6.45, 7) is 3.10. The molecule has 3 aromatic rings. The Morgan fingerprint density at radius 1 is 0.636 bits per heavy atom. The Balaban J connectivity index is 1.35. The van der Waals surface area contributed by atoms with Gasteiger partial charge in [-0.15, -0.1) is 0 Å². The zero-order chi connectivity index (χ0) is 23.1. The Hall–Kier alpha value is -2.48. The molecule has 0 amide bonds. The van der Waals surface area contributed by atoms with Gasteiger partial charge in [0.25, 0.3) is 0 Å². The molecule has 3 rings (SSSR count). The van der Waals surface area contributed by atoms with Crippen molar-refractivity contribution >= 4 is 10.8 Å². The van der Waals surface area contributed by atoms with E-state index in [1.165, 1.54) is 79.7 Å². The number of hydrogen-bond donors (Lipinski definition) is 0. The van der Waals surface area contributed by atoms with Crippen LogP contribution in [-0.4, -0.2) is 13.7 Å². The van der Waals surface area contributed by atoms with E-state index in [1.54, 1.807) is 7.11 Å². The third kappa shape index (κ3) is 8.42. The van der Waals surface area contributed by atoms with Gasteiger partial charge in [-0.1, -0.05) is 107 Å². The van der Waals surface area contributed by atoms with Gasteiger partial charge in [0.05, 0.1) is 13.7 Å². The van der Waals surface area contributed by atoms with Crippen molar-refractivity contribution in [3.05, 3.63) is 71.8 Å². The van der Waals surface area contributed by atoms with Crippen LogP contribution < -0.4 is 9.47 Å². The van der Waals surface area contributed by atoms with Gasteiger partial charge in [-0.3, -0.25) is 0 Å². The molecule has 0 aliphatic heterocycles. The highest BCUT2D eigenvalue weighted by Crippen LogP contribution is 2.29. The van der Waals surface area contributed by atoms with Crippen LogP contribution in [0.5, 0.6) is 11.5 Å². The van der Waals surface area contributed by atoms with Crippen LogP contribution in [0.1, 0.15) is 82.3 Å². The first kappa shape index (κ1) is 25.1. The van der Waals surface area contributed by atoms with Crippen molar-refractivity contribution in [1.29, 1.82) is 0 Å². The topological polar surface area (TPSA) is 18.5 Å². The smallest absolute Gasteiger partial charge is 0.122 e. The quantitative estimate of drug-likeness (QED) is 0.204. The third-order valence-electron chi connectivity index (χ3n) is 6.57. The van der Waals surface area contributed by atoms with Crippen LogP contribution in [0.2, 0.25) is 0 Å². The molecule has 0 aliphatic rings. The molecule has 0 fully saturated rings. The summed E-state index contributed by atoms with van der Waals surface area (Å²) in [7, 11) is 1.76. The van der Waals surface area contributed by atoms with Gasteiger partial charge in [0.15, 0.2) is 0 Å². The summed E-state index contributed by atoms with van der Waals surface area (Å²) < 4.78 is 11.6. The molecule has 0 bridgehead atoms. The first-order chi connectivity index (χ1) is 16.3. The van der Waals surface area contributed by atoms with Crippen LogP contribution in [-0.2, 0) is 12.8 Å². The van der Waals surface area contributed by atoms with Gasteiger partial charge in [0.1, 0.15) is 11.5 Å². The summed E-state index contributed by atoms with van der Waals surface area (Å²) in [6, 6.07) is 21.4. The van der Waals surface area contributed by atoms with Gasteiger partial charge >= 0.3 is 0 Å². The standard InChI is InChI=1S/C31H42O2/c1-3-4-5-6-7-8-9-10-11-14-25-33-28-21-17-26(18-22-28)19-23-30-29-16-13-12-15-27(29)20-24-31(30)32-2/h12-13,15-18,20-22,24H,3-11,14,19,23,25H2,1-2H3. The number of methoxy groups -OCH3 is 1. The summed E-state index contributed by atoms with van der Waals surface area (Å²) in [5.74, 6) is 1.96. The summed E-state index contributed by atoms with van der Waals surface area (Å²) in [5.41, 5.74) is 2.62. The molecule has 0 spiro atoms. The van der Waals surface area contributed by atoms with Crippen LogP contribution in [0.3, 0.4) is 0 Å². The molecule has 0 atom stereocenters. The normalized spacial score (nSPS) is 11.1. The van der Waals surface area contributed by atoms with E-state index in [9.17, 15) is 0 Å². The molecule has 178 valence electrons. The van der Waals surface area contributed by atoms with Crippen LogP contribution in [0.15, 0.2) is 60.7 Å². The zero-order valence-electron chi connectivity index (χ0n) is 20.8. The largest absolute Gasteiger partial charge is 0.496 e. The molecule has 0 saturated carbocycles. The minimum Gasteiger partial charge on any atom is -0.496 e. The van der Waals surface area contributed by atoms with E-state index in [2.05, 4.69) is 67.6 Å². The fraction of sp³-hybridized carbons (Fsp3) is 0.484. The van der Waals surface area contributed by atoms with Crippen LogP contribution in [0.4, 0.5) is 0 Å². The zero-order valence-corrected chi connectivity index (χ0v) is 20.8. The van der Waals surface area contributed by atoms with E-state index >= 15 is 0 Å². The first-order valence-corrected chi connectivity index (χ1v) is 13.1. The molecule has 0 radical (unpaired) electrons. The maximum Gasteiger partial charge on any atom is 0.122 e. The van der Waals surface area contributed by atoms with Gasteiger partial charge in [0.2, 0.25) is 0 Å². The molecular formula is C31H42O2. The summed E-state index contributed by atoms with van der Waals surface area (Å²) >= 11 is 0. The number of rotatable bonds is 16. The van der Waals surface area contributed by atoms with Gasteiger partial charge in [-0.05, 0) is 53.8 Å². The van der Waals surface area contributed by atoms with E-state index in [4.69, 9.17) is 9.47 Å². The molecule has 33 heavy (non-hydrogen) atoms. The third-order valence-corrected chi connectivity index (χ3v) is 6.57. The summed E-state index contributed by atoms with van der Waals surface area (Å²) in [5, 5.41) is 2.55. The maximum atomic E-state index is 5.97. The van der Waals surface area contributed by atoms with Gasteiger partial charge < -0.3 is 9.47 Å². The summed E-state index contributed by atoms with van der Waals surface area (Å²) in [6.07, 6.45) is 15.5. The fourth-order valence-corrected chi connectivity index (χ4v) is 4.57. The Kier molecular flexibility index (Phi) is 11.1. The molecule has 3 aromatic carbocycles. The number of hydrogen-bond acceptors (Lipinski definition) is 2. The second-order valence-electron chi connectivity index (χ2n) is 9.14. The lowest BCUT2D eigenvalue weighted by molar-refractivity contribution is 0.304. The van der Waals surface area contributed by atoms with E-state index < -0.39 is 0 Å². The Bertz CT molecular complexity index is 929. The van der Waals surface area contributed by atoms with Crippen molar-refractivity contribution in [2.75, 3.05) is 13.7 Å². The van der Waals surface area contributed by atoms with E-state index in [-0.39, 0.29) is 0 Å². The molecule has 0 N–H and O–H groups in total. The molecular weight excluding hydrogens is 404 g/mol. The van der Waals surface area contributed by atoms with Crippen LogP contribution in [0.25, 0.3) is 10.8 Å². The van der Waals surface area contributed by atoms with Crippen molar-refractivity contribution in [3.63, 3.8) is 0 Å². The minimum atomic E-state index is 0.822. The van der Waals surface area contributed by atoms with E-state index in [0.717, 1.165) is 37.4 Å². The number of benzene rings is 3. The van der Waals surface area contributed by atoms with Crippen molar-refractivity contribution in [1.82, 2.24) is 0 Å². The van der Waals surface area contributed by atoms with E-state index in [1.807, 2.05) is 0 Å². The Labute approximate surface area is 201 Å². The van der Waals surface area contributed by atoms with Gasteiger partial charge in [-0.2, -0.15) is 0 Å². The molecule has 0 heterocycles.